The maximum absolute atomic E-state index is 9.97. The lowest BCUT2D eigenvalue weighted by molar-refractivity contribution is -0.429. The van der Waals surface area contributed by atoms with E-state index in [0.29, 0.717) is 38.5 Å². The summed E-state index contributed by atoms with van der Waals surface area (Å²) in [6.45, 7) is 1.60. The van der Waals surface area contributed by atoms with Crippen molar-refractivity contribution in [3.05, 3.63) is 132 Å². The number of allylic oxidation sites excluding steroid dienone is 3. The monoisotopic (exact) mass is 806 g/mol. The molecule has 12 heteroatoms. The number of quaternary nitrogens is 2. The van der Waals surface area contributed by atoms with Crippen molar-refractivity contribution in [1.29, 1.82) is 0 Å². The van der Waals surface area contributed by atoms with Gasteiger partial charge in [0.05, 0.1) is 13.1 Å². The first-order chi connectivity index (χ1) is 28.3. The lowest BCUT2D eigenvalue weighted by Crippen LogP contribution is -2.66. The number of hydrogen-bond donors (Lipinski definition) is 5. The van der Waals surface area contributed by atoms with Crippen LogP contribution in [0.5, 0.6) is 0 Å². The van der Waals surface area contributed by atoms with Crippen LogP contribution in [-0.2, 0) is 19.2 Å². The number of benzene rings is 4. The number of hydrogen-bond acceptors (Lipinski definition) is 8. The first-order valence-electron chi connectivity index (χ1n) is 20.0. The van der Waals surface area contributed by atoms with Gasteiger partial charge < -0.3 is 51.7 Å². The first-order valence-corrected chi connectivity index (χ1v) is 20.0. The molecular formula is C47H58N4O8. The molecular weight excluding hydrogens is 749 g/mol. The normalized spacial score (nSPS) is 12.4. The number of carbonyl (C=O) groups is 4. The number of fused-ring (bicyclic) bond motifs is 1. The summed E-state index contributed by atoms with van der Waals surface area (Å²) in [5, 5.41) is 42.2. The highest BCUT2D eigenvalue weighted by Gasteiger charge is 2.28. The molecule has 0 radical (unpaired) electrons. The Kier molecular flexibility index (Phi) is 19.6. The van der Waals surface area contributed by atoms with Crippen molar-refractivity contribution in [3.63, 3.8) is 0 Å². The Bertz CT molecular complexity index is 1990. The Morgan fingerprint density at radius 2 is 1.12 bits per heavy atom. The Balaban J connectivity index is 0.000000348. The van der Waals surface area contributed by atoms with E-state index in [9.17, 15) is 29.4 Å². The molecule has 0 unspecified atom stereocenters. The van der Waals surface area contributed by atoms with E-state index in [0.717, 1.165) is 24.5 Å². The van der Waals surface area contributed by atoms with E-state index in [1.165, 1.54) is 38.7 Å². The van der Waals surface area contributed by atoms with Crippen molar-refractivity contribution in [2.75, 3.05) is 37.4 Å². The lowest BCUT2D eigenvalue weighted by atomic mass is 9.80. The summed E-state index contributed by atoms with van der Waals surface area (Å²) in [7, 11) is 4.15. The Morgan fingerprint density at radius 1 is 0.627 bits per heavy atom. The fourth-order valence-electron chi connectivity index (χ4n) is 6.40. The summed E-state index contributed by atoms with van der Waals surface area (Å²) in [6, 6.07) is 32.3. The molecule has 0 atom stereocenters. The van der Waals surface area contributed by atoms with E-state index in [-0.39, 0.29) is 31.1 Å². The molecule has 0 saturated heterocycles. The molecule has 4 aromatic carbocycles. The number of nitrogens with zero attached hydrogens (tertiary/aromatic N) is 1. The average Bonchev–Trinajstić information content (AvgIpc) is 3.22. The third-order valence-corrected chi connectivity index (χ3v) is 9.87. The minimum absolute atomic E-state index is 0.0274. The molecule has 1 aliphatic rings. The van der Waals surface area contributed by atoms with Gasteiger partial charge in [0.2, 0.25) is 0 Å². The second-order valence-electron chi connectivity index (χ2n) is 14.5. The van der Waals surface area contributed by atoms with Gasteiger partial charge in [0.25, 0.3) is 0 Å². The molecule has 314 valence electrons. The predicted octanol–water partition coefficient (Wildman–Crippen LogP) is 4.59. The van der Waals surface area contributed by atoms with Gasteiger partial charge in [-0.2, -0.15) is 0 Å². The molecule has 12 nitrogen and oxygen atoms in total. The largest absolute Gasteiger partial charge is 0.550 e. The van der Waals surface area contributed by atoms with Crippen LogP contribution >= 0.6 is 0 Å². The summed E-state index contributed by atoms with van der Waals surface area (Å²) in [4.78, 5) is 41.8. The molecule has 0 spiro atoms. The quantitative estimate of drug-likeness (QED) is 0.0829. The Labute approximate surface area is 346 Å². The van der Waals surface area contributed by atoms with Gasteiger partial charge in [-0.3, -0.25) is 9.59 Å². The van der Waals surface area contributed by atoms with Gasteiger partial charge in [0, 0.05) is 61.3 Å². The molecule has 0 heterocycles. The van der Waals surface area contributed by atoms with Gasteiger partial charge in [-0.1, -0.05) is 97.8 Å². The smallest absolute Gasteiger partial charge is 0.303 e. The summed E-state index contributed by atoms with van der Waals surface area (Å²) in [6.07, 6.45) is 12.8. The predicted molar refractivity (Wildman–Crippen MR) is 228 cm³/mol. The Morgan fingerprint density at radius 3 is 1.59 bits per heavy atom. The zero-order chi connectivity index (χ0) is 43.2. The molecule has 9 N–H and O–H groups in total. The molecule has 59 heavy (non-hydrogen) atoms. The van der Waals surface area contributed by atoms with Crippen molar-refractivity contribution in [3.8, 4) is 0 Å². The number of carboxylic acids is 4. The van der Waals surface area contributed by atoms with Crippen molar-refractivity contribution in [2.45, 2.75) is 64.2 Å². The lowest BCUT2D eigenvalue weighted by Gasteiger charge is -2.24. The molecule has 0 aromatic heterocycles. The molecule has 0 aliphatic heterocycles. The number of para-hydroxylation sites is 1. The van der Waals surface area contributed by atoms with Crippen molar-refractivity contribution in [1.82, 2.24) is 0 Å². The second-order valence-corrected chi connectivity index (χ2v) is 14.5. The number of unbranched alkanes of at least 4 members (excludes halogenated alkanes) is 4. The minimum atomic E-state index is -1.07. The van der Waals surface area contributed by atoms with Crippen LogP contribution < -0.4 is 31.9 Å². The van der Waals surface area contributed by atoms with Gasteiger partial charge in [0.1, 0.15) is 5.41 Å². The highest BCUT2D eigenvalue weighted by atomic mass is 16.4. The van der Waals surface area contributed by atoms with Gasteiger partial charge in [-0.15, -0.1) is 0 Å². The van der Waals surface area contributed by atoms with Crippen molar-refractivity contribution < 1.29 is 51.1 Å². The number of anilines is 3. The van der Waals surface area contributed by atoms with E-state index in [1.54, 1.807) is 0 Å². The van der Waals surface area contributed by atoms with Crippen LogP contribution in [0.25, 0.3) is 16.3 Å². The molecule has 4 aromatic rings. The molecule has 0 fully saturated rings. The zero-order valence-corrected chi connectivity index (χ0v) is 34.2. The van der Waals surface area contributed by atoms with Gasteiger partial charge >= 0.3 is 11.9 Å². The highest BCUT2D eigenvalue weighted by molar-refractivity contribution is 6.05. The number of rotatable bonds is 19. The van der Waals surface area contributed by atoms with Crippen LogP contribution in [-0.4, -0.2) is 61.3 Å². The van der Waals surface area contributed by atoms with Crippen LogP contribution in [0.3, 0.4) is 0 Å². The topological polar surface area (TPSA) is 225 Å². The summed E-state index contributed by atoms with van der Waals surface area (Å²) in [5.41, 5.74) is 16.5. The van der Waals surface area contributed by atoms with E-state index < -0.39 is 23.9 Å². The van der Waals surface area contributed by atoms with Crippen LogP contribution in [0.4, 0.5) is 17.1 Å². The zero-order valence-electron chi connectivity index (χ0n) is 34.2. The van der Waals surface area contributed by atoms with Crippen molar-refractivity contribution in [2.24, 2.45) is 5.41 Å². The minimum Gasteiger partial charge on any atom is -0.550 e. The van der Waals surface area contributed by atoms with Crippen LogP contribution in [0, 0.1) is 5.41 Å². The average molecular weight is 807 g/mol. The number of aliphatic carboxylic acids is 4. The summed E-state index contributed by atoms with van der Waals surface area (Å²) < 4.78 is 0. The Hall–Kier alpha value is -6.24. The van der Waals surface area contributed by atoms with Crippen molar-refractivity contribution >= 4 is 57.3 Å². The van der Waals surface area contributed by atoms with Gasteiger partial charge in [-0.25, -0.2) is 0 Å². The first kappa shape index (κ1) is 47.1. The number of nitrogens with one attached hydrogen (secondary N) is 1. The number of carbonyl (C=O) groups excluding carboxylic acids is 2. The molecule has 5 rings (SSSR count). The molecule has 0 bridgehead atoms. The third-order valence-electron chi connectivity index (χ3n) is 9.87. The summed E-state index contributed by atoms with van der Waals surface area (Å²) >= 11 is 0. The van der Waals surface area contributed by atoms with E-state index in [1.807, 2.05) is 6.07 Å². The van der Waals surface area contributed by atoms with E-state index >= 15 is 0 Å². The molecule has 0 saturated carbocycles. The van der Waals surface area contributed by atoms with Crippen LogP contribution in [0.15, 0.2) is 121 Å². The summed E-state index contributed by atoms with van der Waals surface area (Å²) in [5.74, 6) is -3.81. The fraction of sp³-hybridized carbons (Fsp3) is 0.319. The van der Waals surface area contributed by atoms with Gasteiger partial charge in [-0.05, 0) is 96.5 Å². The van der Waals surface area contributed by atoms with E-state index in [4.69, 9.17) is 10.2 Å². The van der Waals surface area contributed by atoms with Crippen LogP contribution in [0.2, 0.25) is 0 Å². The highest BCUT2D eigenvalue weighted by Crippen LogP contribution is 2.39. The third kappa shape index (κ3) is 15.9. The SMILES string of the molecule is CN(C)c1ccc(C(=C2C=CC(C[NH3+])(C[NH3+])C=C2)c2ccc(Nc3ccccc3)c3ccccc23)cc1.O=C([O-])CCCCCC(=O)O.O=C([O-])CCCCCC(=O)O. The standard InChI is InChI=1S/C33H34N4.2C7H12O4/c1-37(2)27-14-12-24(13-15-27)32(25-18-20-33(22-34,23-35)21-19-25)30-16-17-31(29-11-7-6-10-28(29)30)36-26-8-4-3-5-9-26;2*8-6(9)4-2-1-3-5-7(10)11/h3-21,36H,22-23,34-35H2,1-2H3;2*1-5H2,(H,8,9)(H,10,11). The maximum atomic E-state index is 9.97. The molecule has 0 amide bonds. The van der Waals surface area contributed by atoms with Crippen LogP contribution in [0.1, 0.15) is 75.3 Å². The van der Waals surface area contributed by atoms with E-state index in [2.05, 4.69) is 145 Å². The maximum Gasteiger partial charge on any atom is 0.303 e. The van der Waals surface area contributed by atoms with Gasteiger partial charge in [0.15, 0.2) is 0 Å². The fourth-order valence-corrected chi connectivity index (χ4v) is 6.40. The number of carboxylic acid groups (broad SMARTS) is 4. The molecule has 1 aliphatic carbocycles. The second kappa shape index (κ2) is 24.5.